The van der Waals surface area contributed by atoms with Gasteiger partial charge < -0.3 is 16.0 Å². The van der Waals surface area contributed by atoms with Gasteiger partial charge >= 0.3 is 0 Å². The van der Waals surface area contributed by atoms with Crippen LogP contribution in [0.4, 0.5) is 16.2 Å². The van der Waals surface area contributed by atoms with Gasteiger partial charge in [0.05, 0.1) is 0 Å². The molecule has 3 rings (SSSR count). The number of nitrogens with one attached hydrogen (secondary N) is 1. The van der Waals surface area contributed by atoms with Gasteiger partial charge in [0.25, 0.3) is 0 Å². The molecule has 0 aliphatic carbocycles. The molecule has 0 saturated carbocycles. The van der Waals surface area contributed by atoms with Crippen LogP contribution in [0.3, 0.4) is 0 Å². The lowest BCUT2D eigenvalue weighted by atomic mass is 10.1. The van der Waals surface area contributed by atoms with Gasteiger partial charge in [-0.05, 0) is 17.7 Å². The Labute approximate surface area is 116 Å². The predicted molar refractivity (Wildman–Crippen MR) is 76.9 cm³/mol. The molecule has 2 heterocycles. The Balaban J connectivity index is 2.03. The fourth-order valence-corrected chi connectivity index (χ4v) is 2.34. The first-order valence-corrected chi connectivity index (χ1v) is 6.58. The van der Waals surface area contributed by atoms with Crippen LogP contribution in [0.1, 0.15) is 0 Å². The summed E-state index contributed by atoms with van der Waals surface area (Å²) < 4.78 is 13.1. The van der Waals surface area contributed by atoms with Crippen molar-refractivity contribution in [1.82, 2.24) is 15.3 Å². The van der Waals surface area contributed by atoms with Crippen LogP contribution >= 0.6 is 0 Å². The van der Waals surface area contributed by atoms with Crippen molar-refractivity contribution in [3.8, 4) is 11.1 Å². The maximum absolute atomic E-state index is 13.1. The number of nitrogens with two attached hydrogens (primary N) is 1. The molecule has 1 aliphatic heterocycles. The predicted octanol–water partition coefficient (Wildman–Crippen LogP) is 1.27. The number of hydrogen-bond donors (Lipinski definition) is 2. The Morgan fingerprint density at radius 1 is 1.15 bits per heavy atom. The first-order chi connectivity index (χ1) is 9.74. The summed E-state index contributed by atoms with van der Waals surface area (Å²) in [6, 6.07) is 6.34. The van der Waals surface area contributed by atoms with Crippen molar-refractivity contribution < 1.29 is 4.39 Å². The van der Waals surface area contributed by atoms with E-state index in [1.165, 1.54) is 12.1 Å². The van der Waals surface area contributed by atoms with Crippen molar-refractivity contribution in [2.75, 3.05) is 36.8 Å². The number of aromatic nitrogens is 2. The third-order valence-corrected chi connectivity index (χ3v) is 3.36. The molecule has 1 aliphatic rings. The van der Waals surface area contributed by atoms with E-state index in [4.69, 9.17) is 5.73 Å². The Morgan fingerprint density at radius 3 is 2.55 bits per heavy atom. The van der Waals surface area contributed by atoms with E-state index in [0.29, 0.717) is 0 Å². The van der Waals surface area contributed by atoms with E-state index in [1.807, 2.05) is 0 Å². The molecule has 6 heteroatoms. The van der Waals surface area contributed by atoms with Gasteiger partial charge in [0.1, 0.15) is 11.6 Å². The number of piperazine rings is 1. The third-order valence-electron chi connectivity index (χ3n) is 3.36. The summed E-state index contributed by atoms with van der Waals surface area (Å²) in [6.45, 7) is 3.55. The number of nitrogens with zero attached hydrogens (tertiary/aromatic N) is 3. The highest BCUT2D eigenvalue weighted by Crippen LogP contribution is 2.29. The number of nitrogen functional groups attached to an aromatic ring is 1. The largest absolute Gasteiger partial charge is 0.368 e. The molecule has 1 saturated heterocycles. The quantitative estimate of drug-likeness (QED) is 0.862. The highest BCUT2D eigenvalue weighted by molar-refractivity contribution is 5.76. The minimum Gasteiger partial charge on any atom is -0.368 e. The number of benzene rings is 1. The van der Waals surface area contributed by atoms with Crippen molar-refractivity contribution in [1.29, 1.82) is 0 Å². The van der Waals surface area contributed by atoms with Gasteiger partial charge in [-0.15, -0.1) is 0 Å². The van der Waals surface area contributed by atoms with Crippen LogP contribution in [0.5, 0.6) is 0 Å². The van der Waals surface area contributed by atoms with E-state index >= 15 is 0 Å². The van der Waals surface area contributed by atoms with Gasteiger partial charge in [-0.25, -0.2) is 9.37 Å². The summed E-state index contributed by atoms with van der Waals surface area (Å²) in [6.07, 6.45) is 1.70. The Bertz CT molecular complexity index is 593. The van der Waals surface area contributed by atoms with Gasteiger partial charge in [0.15, 0.2) is 0 Å². The summed E-state index contributed by atoms with van der Waals surface area (Å²) in [4.78, 5) is 10.6. The van der Waals surface area contributed by atoms with E-state index in [2.05, 4.69) is 20.2 Å². The zero-order chi connectivity index (χ0) is 13.9. The lowest BCUT2D eigenvalue weighted by Crippen LogP contribution is -2.44. The normalized spacial score (nSPS) is 15.3. The first kappa shape index (κ1) is 12.8. The lowest BCUT2D eigenvalue weighted by Gasteiger charge is -2.30. The maximum Gasteiger partial charge on any atom is 0.221 e. The molecule has 1 fully saturated rings. The summed E-state index contributed by atoms with van der Waals surface area (Å²) in [5.74, 6) is 0.809. The molecule has 1 aromatic heterocycles. The van der Waals surface area contributed by atoms with Crippen molar-refractivity contribution in [2.24, 2.45) is 0 Å². The van der Waals surface area contributed by atoms with Crippen LogP contribution in [0, 0.1) is 5.82 Å². The van der Waals surface area contributed by atoms with Crippen LogP contribution in [-0.4, -0.2) is 36.1 Å². The molecule has 104 valence electrons. The monoisotopic (exact) mass is 273 g/mol. The molecule has 2 aromatic rings. The van der Waals surface area contributed by atoms with E-state index < -0.39 is 0 Å². The van der Waals surface area contributed by atoms with Gasteiger partial charge in [-0.1, -0.05) is 12.1 Å². The molecular weight excluding hydrogens is 257 g/mol. The highest BCUT2D eigenvalue weighted by atomic mass is 19.1. The van der Waals surface area contributed by atoms with Gasteiger partial charge in [-0.3, -0.25) is 0 Å². The van der Waals surface area contributed by atoms with Gasteiger partial charge in [-0.2, -0.15) is 4.98 Å². The molecule has 0 amide bonds. The highest BCUT2D eigenvalue weighted by Gasteiger charge is 2.17. The van der Waals surface area contributed by atoms with Gasteiger partial charge in [0, 0.05) is 37.9 Å². The second-order valence-corrected chi connectivity index (χ2v) is 4.71. The summed E-state index contributed by atoms with van der Waals surface area (Å²) in [7, 11) is 0. The minimum absolute atomic E-state index is 0.254. The third kappa shape index (κ3) is 2.55. The average molecular weight is 273 g/mol. The SMILES string of the molecule is Nc1ncc(-c2ccc(F)cc2)c(N2CCNCC2)n1. The molecule has 0 unspecified atom stereocenters. The summed E-state index contributed by atoms with van der Waals surface area (Å²) in [5, 5.41) is 3.30. The Kier molecular flexibility index (Phi) is 3.47. The first-order valence-electron chi connectivity index (χ1n) is 6.58. The van der Waals surface area contributed by atoms with Crippen LogP contribution < -0.4 is 16.0 Å². The zero-order valence-corrected chi connectivity index (χ0v) is 11.0. The van der Waals surface area contributed by atoms with Crippen molar-refractivity contribution in [3.63, 3.8) is 0 Å². The van der Waals surface area contributed by atoms with E-state index in [0.717, 1.165) is 43.1 Å². The van der Waals surface area contributed by atoms with E-state index in [1.54, 1.807) is 18.3 Å². The van der Waals surface area contributed by atoms with Crippen molar-refractivity contribution in [2.45, 2.75) is 0 Å². The number of rotatable bonds is 2. The van der Waals surface area contributed by atoms with Gasteiger partial charge in [0.2, 0.25) is 5.95 Å². The molecule has 1 aromatic carbocycles. The Morgan fingerprint density at radius 2 is 1.85 bits per heavy atom. The molecule has 20 heavy (non-hydrogen) atoms. The molecule has 0 radical (unpaired) electrons. The average Bonchev–Trinajstić information content (AvgIpc) is 2.49. The fraction of sp³-hybridized carbons (Fsp3) is 0.286. The van der Waals surface area contributed by atoms with Crippen LogP contribution in [0.25, 0.3) is 11.1 Å². The minimum atomic E-state index is -0.256. The zero-order valence-electron chi connectivity index (χ0n) is 11.0. The molecule has 0 spiro atoms. The standard InChI is InChI=1S/C14H16FN5/c15-11-3-1-10(2-4-11)12-9-18-14(16)19-13(12)20-7-5-17-6-8-20/h1-4,9,17H,5-8H2,(H2,16,18,19). The van der Waals surface area contributed by atoms with Crippen LogP contribution in [0.15, 0.2) is 30.5 Å². The summed E-state index contributed by atoms with van der Waals surface area (Å²) in [5.41, 5.74) is 7.48. The second-order valence-electron chi connectivity index (χ2n) is 4.71. The number of anilines is 2. The number of hydrogen-bond acceptors (Lipinski definition) is 5. The smallest absolute Gasteiger partial charge is 0.221 e. The summed E-state index contributed by atoms with van der Waals surface area (Å²) >= 11 is 0. The van der Waals surface area contributed by atoms with Crippen molar-refractivity contribution >= 4 is 11.8 Å². The molecule has 3 N–H and O–H groups in total. The molecule has 5 nitrogen and oxygen atoms in total. The second kappa shape index (κ2) is 5.42. The van der Waals surface area contributed by atoms with Crippen molar-refractivity contribution in [3.05, 3.63) is 36.3 Å². The maximum atomic E-state index is 13.1. The van der Waals surface area contributed by atoms with E-state index in [9.17, 15) is 4.39 Å². The fourth-order valence-electron chi connectivity index (χ4n) is 2.34. The molecular formula is C14H16FN5. The van der Waals surface area contributed by atoms with Crippen LogP contribution in [-0.2, 0) is 0 Å². The topological polar surface area (TPSA) is 67.1 Å². The van der Waals surface area contributed by atoms with Crippen LogP contribution in [0.2, 0.25) is 0 Å². The Hall–Kier alpha value is -2.21. The molecule has 0 bridgehead atoms. The van der Waals surface area contributed by atoms with E-state index in [-0.39, 0.29) is 11.8 Å². The lowest BCUT2D eigenvalue weighted by molar-refractivity contribution is 0.585. The molecule has 0 atom stereocenters. The number of halogens is 1.